The molecular formula is C15H28NSi. The van der Waals surface area contributed by atoms with E-state index in [2.05, 4.69) is 54.6 Å². The fourth-order valence-corrected chi connectivity index (χ4v) is 4.43. The van der Waals surface area contributed by atoms with E-state index in [0.29, 0.717) is 5.92 Å². The van der Waals surface area contributed by atoms with Crippen LogP contribution in [0.1, 0.15) is 48.0 Å². The minimum atomic E-state index is -0.839. The minimum absolute atomic E-state index is 0.121. The van der Waals surface area contributed by atoms with Crippen LogP contribution in [0.15, 0.2) is 22.3 Å². The Hall–Kier alpha value is -0.343. The largest absolute Gasteiger partial charge is 0.268 e. The summed E-state index contributed by atoms with van der Waals surface area (Å²) in [4.78, 5) is 4.98. The summed E-state index contributed by atoms with van der Waals surface area (Å²) in [6, 6.07) is 0. The first-order chi connectivity index (χ1) is 7.65. The first kappa shape index (κ1) is 14.7. The number of allylic oxidation sites excluding steroid dienone is 3. The second-order valence-electron chi connectivity index (χ2n) is 6.39. The highest BCUT2D eigenvalue weighted by atomic mass is 28.3. The molecule has 1 unspecified atom stereocenters. The van der Waals surface area contributed by atoms with E-state index < -0.39 is 8.96 Å². The van der Waals surface area contributed by atoms with Gasteiger partial charge in [0.1, 0.15) is 8.96 Å². The number of hydrogen-bond acceptors (Lipinski definition) is 0. The monoisotopic (exact) mass is 250 g/mol. The molecule has 0 aromatic heterocycles. The molecule has 0 saturated heterocycles. The molecule has 0 fully saturated rings. The van der Waals surface area contributed by atoms with Gasteiger partial charge in [0.25, 0.3) is 0 Å². The van der Waals surface area contributed by atoms with E-state index in [1.54, 1.807) is 11.1 Å². The van der Waals surface area contributed by atoms with Crippen LogP contribution in [-0.4, -0.2) is 14.5 Å². The maximum Gasteiger partial charge on any atom is 0.124 e. The quantitative estimate of drug-likeness (QED) is 0.669. The van der Waals surface area contributed by atoms with E-state index >= 15 is 0 Å². The van der Waals surface area contributed by atoms with Gasteiger partial charge in [0.05, 0.1) is 0 Å². The van der Waals surface area contributed by atoms with Gasteiger partial charge in [-0.05, 0) is 58.1 Å². The zero-order chi connectivity index (χ0) is 13.4. The number of hydrogen-bond donors (Lipinski definition) is 0. The average molecular weight is 250 g/mol. The smallest absolute Gasteiger partial charge is 0.124 e. The van der Waals surface area contributed by atoms with Crippen molar-refractivity contribution in [1.82, 2.24) is 4.98 Å². The zero-order valence-corrected chi connectivity index (χ0v) is 14.0. The van der Waals surface area contributed by atoms with Crippen LogP contribution in [0.2, 0.25) is 13.1 Å². The van der Waals surface area contributed by atoms with Gasteiger partial charge in [-0.3, -0.25) is 4.98 Å². The zero-order valence-electron chi connectivity index (χ0n) is 12.8. The van der Waals surface area contributed by atoms with Crippen molar-refractivity contribution in [2.24, 2.45) is 5.92 Å². The van der Waals surface area contributed by atoms with Crippen LogP contribution in [0.3, 0.4) is 0 Å². The van der Waals surface area contributed by atoms with Crippen molar-refractivity contribution in [1.29, 1.82) is 0 Å². The molecule has 0 saturated carbocycles. The molecule has 0 amide bonds. The molecule has 1 nitrogen and oxygen atoms in total. The minimum Gasteiger partial charge on any atom is -0.268 e. The van der Waals surface area contributed by atoms with E-state index in [0.717, 1.165) is 6.42 Å². The van der Waals surface area contributed by atoms with Gasteiger partial charge < -0.3 is 0 Å². The number of rotatable bonds is 4. The lowest BCUT2D eigenvalue weighted by Crippen LogP contribution is -2.40. The summed E-state index contributed by atoms with van der Waals surface area (Å²) < 4.78 is 0. The SMILES string of the molecule is CC1=C(C)C(C)C(CC(C)(C)[N][SiH](C)C)=C1C. The van der Waals surface area contributed by atoms with Crippen molar-refractivity contribution in [2.75, 3.05) is 0 Å². The van der Waals surface area contributed by atoms with Gasteiger partial charge in [-0.2, -0.15) is 0 Å². The van der Waals surface area contributed by atoms with Crippen molar-refractivity contribution in [3.05, 3.63) is 22.3 Å². The van der Waals surface area contributed by atoms with Crippen molar-refractivity contribution >= 4 is 8.96 Å². The van der Waals surface area contributed by atoms with Crippen molar-refractivity contribution < 1.29 is 0 Å². The predicted molar refractivity (Wildman–Crippen MR) is 79.9 cm³/mol. The molecule has 2 heteroatoms. The fourth-order valence-electron chi connectivity index (χ4n) is 2.94. The third-order valence-electron chi connectivity index (χ3n) is 4.04. The van der Waals surface area contributed by atoms with E-state index in [4.69, 9.17) is 4.98 Å². The van der Waals surface area contributed by atoms with Crippen LogP contribution < -0.4 is 4.98 Å². The van der Waals surface area contributed by atoms with Gasteiger partial charge in [-0.15, -0.1) is 0 Å². The Balaban J connectivity index is 2.84. The number of nitrogens with zero attached hydrogens (tertiary/aromatic N) is 1. The molecule has 0 bridgehead atoms. The summed E-state index contributed by atoms with van der Waals surface area (Å²) in [5, 5.41) is 0. The Morgan fingerprint density at radius 2 is 1.65 bits per heavy atom. The van der Waals surface area contributed by atoms with E-state index in [-0.39, 0.29) is 5.54 Å². The third kappa shape index (κ3) is 3.32. The van der Waals surface area contributed by atoms with Gasteiger partial charge in [-0.25, -0.2) is 0 Å². The standard InChI is InChI=1S/C15H28NSi/c1-10-11(2)13(4)14(12(10)3)9-15(5,6)16-17(7)8/h12,17H,9H2,1-8H3. The lowest BCUT2D eigenvalue weighted by Gasteiger charge is -2.29. The molecule has 97 valence electrons. The first-order valence-electron chi connectivity index (χ1n) is 6.75. The van der Waals surface area contributed by atoms with Crippen molar-refractivity contribution in [3.8, 4) is 0 Å². The van der Waals surface area contributed by atoms with Crippen LogP contribution >= 0.6 is 0 Å². The Morgan fingerprint density at radius 1 is 1.12 bits per heavy atom. The van der Waals surface area contributed by atoms with E-state index in [1.807, 2.05) is 0 Å². The van der Waals surface area contributed by atoms with Crippen molar-refractivity contribution in [2.45, 2.75) is 66.6 Å². The van der Waals surface area contributed by atoms with Crippen LogP contribution in [0.5, 0.6) is 0 Å². The van der Waals surface area contributed by atoms with E-state index in [1.165, 1.54) is 11.1 Å². The molecule has 1 aliphatic carbocycles. The Bertz CT molecular complexity index is 361. The topological polar surface area (TPSA) is 14.1 Å². The van der Waals surface area contributed by atoms with E-state index in [9.17, 15) is 0 Å². The second-order valence-corrected chi connectivity index (χ2v) is 8.84. The van der Waals surface area contributed by atoms with Crippen molar-refractivity contribution in [3.63, 3.8) is 0 Å². The second kappa shape index (κ2) is 5.11. The lowest BCUT2D eigenvalue weighted by atomic mass is 9.87. The molecular weight excluding hydrogens is 222 g/mol. The van der Waals surface area contributed by atoms with Gasteiger partial charge >= 0.3 is 0 Å². The predicted octanol–water partition coefficient (Wildman–Crippen LogP) is 4.05. The fraction of sp³-hybridized carbons (Fsp3) is 0.733. The Labute approximate surface area is 109 Å². The van der Waals surface area contributed by atoms with Gasteiger partial charge in [-0.1, -0.05) is 31.2 Å². The molecule has 1 atom stereocenters. The molecule has 1 aliphatic rings. The summed E-state index contributed by atoms with van der Waals surface area (Å²) in [6.45, 7) is 18.3. The maximum absolute atomic E-state index is 4.98. The molecule has 0 aromatic carbocycles. The summed E-state index contributed by atoms with van der Waals surface area (Å²) in [6.07, 6.45) is 1.12. The highest BCUT2D eigenvalue weighted by Crippen LogP contribution is 2.40. The Kier molecular flexibility index (Phi) is 4.42. The van der Waals surface area contributed by atoms with Crippen LogP contribution in [-0.2, 0) is 0 Å². The molecule has 0 N–H and O–H groups in total. The lowest BCUT2D eigenvalue weighted by molar-refractivity contribution is 0.441. The van der Waals surface area contributed by atoms with Crippen LogP contribution in [0.25, 0.3) is 0 Å². The highest BCUT2D eigenvalue weighted by Gasteiger charge is 2.29. The Morgan fingerprint density at radius 3 is 2.00 bits per heavy atom. The summed E-state index contributed by atoms with van der Waals surface area (Å²) in [7, 11) is -0.839. The third-order valence-corrected chi connectivity index (χ3v) is 5.25. The summed E-state index contributed by atoms with van der Waals surface area (Å²) in [5.41, 5.74) is 6.31. The first-order valence-corrected chi connectivity index (χ1v) is 9.57. The molecule has 0 spiro atoms. The summed E-state index contributed by atoms with van der Waals surface area (Å²) >= 11 is 0. The molecule has 0 heterocycles. The molecule has 1 radical (unpaired) electrons. The van der Waals surface area contributed by atoms with Crippen LogP contribution in [0.4, 0.5) is 0 Å². The molecule has 0 aliphatic heterocycles. The van der Waals surface area contributed by atoms with Gasteiger partial charge in [0.2, 0.25) is 0 Å². The highest BCUT2D eigenvalue weighted by molar-refractivity contribution is 6.52. The molecule has 17 heavy (non-hydrogen) atoms. The molecule has 0 aromatic rings. The average Bonchev–Trinajstić information content (AvgIpc) is 2.33. The maximum atomic E-state index is 4.98. The van der Waals surface area contributed by atoms with Gasteiger partial charge in [0, 0.05) is 5.54 Å². The summed E-state index contributed by atoms with van der Waals surface area (Å²) in [5.74, 6) is 0.623. The van der Waals surface area contributed by atoms with Gasteiger partial charge in [0.15, 0.2) is 0 Å². The van der Waals surface area contributed by atoms with Crippen LogP contribution in [0, 0.1) is 5.92 Å². The molecule has 1 rings (SSSR count). The normalized spacial score (nSPS) is 22.1.